The lowest BCUT2D eigenvalue weighted by molar-refractivity contribution is -0.506. The molecule has 1 aliphatic heterocycles. The average molecular weight is 248 g/mol. The van der Waals surface area contributed by atoms with Gasteiger partial charge in [-0.15, -0.1) is 0 Å². The standard InChI is InChI=1S/C10H20N2O5/c1-10(2,3)16-9(13)11-6-4-8(5-7-11)17-12(14)15/h8,14-15H,4-7H2,1-3H3. The van der Waals surface area contributed by atoms with Crippen molar-refractivity contribution in [1.82, 2.24) is 10.3 Å². The SMILES string of the molecule is CC(C)(C)OC(=O)N1CCC(ON(O)O)CC1. The number of carbonyl (C=O) groups is 1. The van der Waals surface area contributed by atoms with E-state index in [0.29, 0.717) is 25.9 Å². The van der Waals surface area contributed by atoms with Gasteiger partial charge in [0.2, 0.25) is 0 Å². The number of nitrogens with zero attached hydrogens (tertiary/aromatic N) is 2. The number of hydrogen-bond acceptors (Lipinski definition) is 6. The first-order valence-electron chi connectivity index (χ1n) is 5.60. The van der Waals surface area contributed by atoms with Crippen LogP contribution >= 0.6 is 0 Å². The van der Waals surface area contributed by atoms with Crippen LogP contribution in [0.1, 0.15) is 33.6 Å². The van der Waals surface area contributed by atoms with Crippen molar-refractivity contribution in [1.29, 1.82) is 0 Å². The summed E-state index contributed by atoms with van der Waals surface area (Å²) in [5.41, 5.74) is -0.503. The number of piperidine rings is 1. The van der Waals surface area contributed by atoms with Crippen LogP contribution in [-0.2, 0) is 9.57 Å². The van der Waals surface area contributed by atoms with Crippen LogP contribution in [0.2, 0.25) is 0 Å². The predicted molar refractivity (Wildman–Crippen MR) is 57.3 cm³/mol. The van der Waals surface area contributed by atoms with Crippen LogP contribution in [-0.4, -0.2) is 51.6 Å². The van der Waals surface area contributed by atoms with Crippen molar-refractivity contribution in [2.75, 3.05) is 13.1 Å². The number of rotatable bonds is 2. The van der Waals surface area contributed by atoms with E-state index in [4.69, 9.17) is 15.2 Å². The van der Waals surface area contributed by atoms with E-state index in [2.05, 4.69) is 4.84 Å². The van der Waals surface area contributed by atoms with Gasteiger partial charge in [0.05, 0.1) is 11.5 Å². The Kier molecular flexibility index (Phi) is 4.70. The zero-order valence-corrected chi connectivity index (χ0v) is 10.4. The molecule has 0 unspecified atom stereocenters. The minimum absolute atomic E-state index is 0.284. The third-order valence-electron chi connectivity index (χ3n) is 2.34. The van der Waals surface area contributed by atoms with Gasteiger partial charge >= 0.3 is 6.09 Å². The van der Waals surface area contributed by atoms with Crippen molar-refractivity contribution < 1.29 is 24.8 Å². The number of likely N-dealkylation sites (tertiary alicyclic amines) is 1. The van der Waals surface area contributed by atoms with Gasteiger partial charge in [-0.05, 0) is 33.6 Å². The van der Waals surface area contributed by atoms with Crippen LogP contribution < -0.4 is 0 Å². The van der Waals surface area contributed by atoms with Crippen molar-refractivity contribution in [2.24, 2.45) is 0 Å². The smallest absolute Gasteiger partial charge is 0.410 e. The monoisotopic (exact) mass is 248 g/mol. The summed E-state index contributed by atoms with van der Waals surface area (Å²) in [6.07, 6.45) is 0.442. The second-order valence-corrected chi connectivity index (χ2v) is 5.02. The van der Waals surface area contributed by atoms with Crippen LogP contribution in [0.3, 0.4) is 0 Å². The van der Waals surface area contributed by atoms with E-state index < -0.39 is 5.60 Å². The molecule has 100 valence electrons. The summed E-state index contributed by atoms with van der Waals surface area (Å²) >= 11 is 0. The Morgan fingerprint density at radius 1 is 1.29 bits per heavy atom. The molecule has 1 fully saturated rings. The van der Waals surface area contributed by atoms with Gasteiger partial charge in [0.25, 0.3) is 0 Å². The number of ether oxygens (including phenoxy) is 1. The molecule has 0 aliphatic carbocycles. The Morgan fingerprint density at radius 2 is 1.82 bits per heavy atom. The molecule has 1 saturated heterocycles. The maximum Gasteiger partial charge on any atom is 0.410 e. The van der Waals surface area contributed by atoms with Gasteiger partial charge in [0, 0.05) is 13.1 Å². The van der Waals surface area contributed by atoms with Crippen molar-refractivity contribution in [3.63, 3.8) is 0 Å². The average Bonchev–Trinajstić information content (AvgIpc) is 2.15. The normalized spacial score (nSPS) is 18.6. The van der Waals surface area contributed by atoms with E-state index in [1.165, 1.54) is 0 Å². The van der Waals surface area contributed by atoms with Crippen molar-refractivity contribution >= 4 is 6.09 Å². The Morgan fingerprint density at radius 3 is 2.24 bits per heavy atom. The van der Waals surface area contributed by atoms with Gasteiger partial charge in [-0.1, -0.05) is 0 Å². The Labute approximate surface area is 100 Å². The van der Waals surface area contributed by atoms with Crippen LogP contribution in [0.4, 0.5) is 4.79 Å². The second-order valence-electron chi connectivity index (χ2n) is 5.02. The molecule has 0 saturated carbocycles. The third-order valence-corrected chi connectivity index (χ3v) is 2.34. The molecule has 1 amide bonds. The highest BCUT2D eigenvalue weighted by Crippen LogP contribution is 2.17. The first-order chi connectivity index (χ1) is 7.78. The molecule has 0 radical (unpaired) electrons. The molecule has 17 heavy (non-hydrogen) atoms. The summed E-state index contributed by atoms with van der Waals surface area (Å²) in [6, 6.07) is 0. The minimum Gasteiger partial charge on any atom is -0.444 e. The van der Waals surface area contributed by atoms with Crippen molar-refractivity contribution in [3.8, 4) is 0 Å². The maximum absolute atomic E-state index is 11.7. The summed E-state index contributed by atoms with van der Waals surface area (Å²) in [5.74, 6) is 0. The second kappa shape index (κ2) is 5.63. The highest BCUT2D eigenvalue weighted by Gasteiger charge is 2.27. The molecule has 1 rings (SSSR count). The Hall–Kier alpha value is -0.890. The van der Waals surface area contributed by atoms with E-state index in [0.717, 1.165) is 0 Å². The fraction of sp³-hybridized carbons (Fsp3) is 0.900. The first kappa shape index (κ1) is 14.2. The lowest BCUT2D eigenvalue weighted by atomic mass is 10.1. The number of carbonyl (C=O) groups excluding carboxylic acids is 1. The van der Waals surface area contributed by atoms with Crippen LogP contribution in [0.25, 0.3) is 0 Å². The highest BCUT2D eigenvalue weighted by molar-refractivity contribution is 5.68. The molecule has 0 aromatic carbocycles. The summed E-state index contributed by atoms with van der Waals surface area (Å²) in [7, 11) is 0. The third kappa shape index (κ3) is 5.31. The largest absolute Gasteiger partial charge is 0.444 e. The minimum atomic E-state index is -0.503. The lowest BCUT2D eigenvalue weighted by Crippen LogP contribution is -2.44. The molecule has 0 aromatic rings. The van der Waals surface area contributed by atoms with Crippen molar-refractivity contribution in [3.05, 3.63) is 0 Å². The molecule has 0 aromatic heterocycles. The van der Waals surface area contributed by atoms with Gasteiger partial charge in [0.1, 0.15) is 5.60 Å². The molecule has 0 atom stereocenters. The van der Waals surface area contributed by atoms with E-state index in [-0.39, 0.29) is 17.6 Å². The summed E-state index contributed by atoms with van der Waals surface area (Å²) in [6.45, 7) is 6.41. The fourth-order valence-corrected chi connectivity index (χ4v) is 1.60. The topological polar surface area (TPSA) is 82.5 Å². The summed E-state index contributed by atoms with van der Waals surface area (Å²) < 4.78 is 5.23. The van der Waals surface area contributed by atoms with E-state index >= 15 is 0 Å². The van der Waals surface area contributed by atoms with Gasteiger partial charge in [0.15, 0.2) is 0 Å². The van der Waals surface area contributed by atoms with E-state index in [9.17, 15) is 4.79 Å². The molecule has 1 heterocycles. The molecule has 7 nitrogen and oxygen atoms in total. The maximum atomic E-state index is 11.7. The highest BCUT2D eigenvalue weighted by atomic mass is 17.1. The molecule has 0 bridgehead atoms. The van der Waals surface area contributed by atoms with Gasteiger partial charge in [-0.2, -0.15) is 0 Å². The van der Waals surface area contributed by atoms with E-state index in [1.54, 1.807) is 4.90 Å². The zero-order chi connectivity index (χ0) is 13.1. The molecule has 7 heteroatoms. The number of amides is 1. The van der Waals surface area contributed by atoms with Gasteiger partial charge in [-0.3, -0.25) is 10.4 Å². The van der Waals surface area contributed by atoms with Gasteiger partial charge < -0.3 is 9.64 Å². The molecular formula is C10H20N2O5. The van der Waals surface area contributed by atoms with Gasteiger partial charge in [-0.25, -0.2) is 9.63 Å². The Balaban J connectivity index is 2.34. The van der Waals surface area contributed by atoms with Crippen molar-refractivity contribution in [2.45, 2.75) is 45.3 Å². The van der Waals surface area contributed by atoms with Crippen LogP contribution in [0.5, 0.6) is 0 Å². The molecular weight excluding hydrogens is 228 g/mol. The molecule has 1 aliphatic rings. The molecule has 0 spiro atoms. The summed E-state index contributed by atoms with van der Waals surface area (Å²) in [5, 5.41) is 16.7. The fourth-order valence-electron chi connectivity index (χ4n) is 1.60. The van der Waals surface area contributed by atoms with Crippen LogP contribution in [0.15, 0.2) is 0 Å². The van der Waals surface area contributed by atoms with Crippen LogP contribution in [0, 0.1) is 0 Å². The summed E-state index contributed by atoms with van der Waals surface area (Å²) in [4.78, 5) is 18.0. The predicted octanol–water partition coefficient (Wildman–Crippen LogP) is 1.40. The first-order valence-corrected chi connectivity index (χ1v) is 5.60. The zero-order valence-electron chi connectivity index (χ0n) is 10.4. The van der Waals surface area contributed by atoms with E-state index in [1.807, 2.05) is 20.8 Å². The molecule has 2 N–H and O–H groups in total. The Bertz CT molecular complexity index is 256. The number of hydrogen-bond donors (Lipinski definition) is 2. The quantitative estimate of drug-likeness (QED) is 0.719. The lowest BCUT2D eigenvalue weighted by Gasteiger charge is -2.33.